The fourth-order valence-corrected chi connectivity index (χ4v) is 4.75. The van der Waals surface area contributed by atoms with Crippen molar-refractivity contribution < 1.29 is 29.0 Å². The van der Waals surface area contributed by atoms with Gasteiger partial charge in [0, 0.05) is 24.4 Å². The van der Waals surface area contributed by atoms with Crippen molar-refractivity contribution in [1.82, 2.24) is 10.3 Å². The maximum absolute atomic E-state index is 12.4. The Morgan fingerprint density at radius 1 is 1.09 bits per heavy atom. The number of nitrogens with zero attached hydrogens (tertiary/aromatic N) is 1. The second-order valence-electron chi connectivity index (χ2n) is 7.87. The van der Waals surface area contributed by atoms with E-state index in [1.165, 1.54) is 5.38 Å². The van der Waals surface area contributed by atoms with Gasteiger partial charge in [-0.05, 0) is 29.2 Å². The zero-order valence-electron chi connectivity index (χ0n) is 19.0. The van der Waals surface area contributed by atoms with Gasteiger partial charge in [-0.3, -0.25) is 14.9 Å². The minimum atomic E-state index is -1.01. The van der Waals surface area contributed by atoms with Crippen LogP contribution in [0.25, 0.3) is 11.1 Å². The van der Waals surface area contributed by atoms with Gasteiger partial charge in [0.2, 0.25) is 0 Å². The van der Waals surface area contributed by atoms with Crippen molar-refractivity contribution in [3.63, 3.8) is 0 Å². The Bertz CT molecular complexity index is 1180. The summed E-state index contributed by atoms with van der Waals surface area (Å²) in [4.78, 5) is 39.8. The predicted octanol–water partition coefficient (Wildman–Crippen LogP) is 4.11. The first kappa shape index (κ1) is 24.4. The molecule has 9 nitrogen and oxygen atoms in total. The number of carbonyl (C=O) groups is 3. The van der Waals surface area contributed by atoms with Crippen molar-refractivity contribution in [2.75, 3.05) is 25.1 Å². The van der Waals surface area contributed by atoms with E-state index in [0.717, 1.165) is 33.6 Å². The first-order valence-electron chi connectivity index (χ1n) is 11.1. The van der Waals surface area contributed by atoms with Crippen molar-refractivity contribution in [2.24, 2.45) is 0 Å². The largest absolute Gasteiger partial charge is 0.481 e. The summed E-state index contributed by atoms with van der Waals surface area (Å²) < 4.78 is 10.8. The van der Waals surface area contributed by atoms with Gasteiger partial charge in [0.1, 0.15) is 12.3 Å². The molecule has 0 saturated heterocycles. The van der Waals surface area contributed by atoms with E-state index in [1.54, 1.807) is 6.92 Å². The maximum Gasteiger partial charge on any atom is 0.413 e. The molecule has 1 unspecified atom stereocenters. The van der Waals surface area contributed by atoms with Gasteiger partial charge in [0.15, 0.2) is 5.13 Å². The number of amides is 2. The Kier molecular flexibility index (Phi) is 7.74. The molecule has 1 heterocycles. The molecular formula is C25H25N3O6S. The number of hydrogen-bond donors (Lipinski definition) is 3. The topological polar surface area (TPSA) is 127 Å². The molecule has 10 heteroatoms. The third-order valence-corrected chi connectivity index (χ3v) is 6.34. The number of nitrogens with one attached hydrogen (secondary N) is 2. The van der Waals surface area contributed by atoms with Crippen molar-refractivity contribution >= 4 is 34.4 Å². The summed E-state index contributed by atoms with van der Waals surface area (Å²) in [5.41, 5.74) is 4.62. The number of rotatable bonds is 10. The molecule has 1 aliphatic carbocycles. The van der Waals surface area contributed by atoms with E-state index in [2.05, 4.69) is 27.8 Å². The van der Waals surface area contributed by atoms with Gasteiger partial charge < -0.3 is 19.9 Å². The lowest BCUT2D eigenvalue weighted by atomic mass is 9.98. The van der Waals surface area contributed by atoms with Crippen LogP contribution >= 0.6 is 11.3 Å². The zero-order valence-corrected chi connectivity index (χ0v) is 19.8. The number of aromatic nitrogens is 1. The molecule has 1 aromatic heterocycles. The second-order valence-corrected chi connectivity index (χ2v) is 8.73. The first-order chi connectivity index (χ1) is 17.0. The number of aliphatic carboxylic acids is 1. The molecule has 0 fully saturated rings. The zero-order chi connectivity index (χ0) is 24.8. The molecule has 0 radical (unpaired) electrons. The lowest BCUT2D eigenvalue weighted by molar-refractivity contribution is -0.140. The molecule has 1 aliphatic rings. The van der Waals surface area contributed by atoms with Crippen LogP contribution in [0, 0.1) is 0 Å². The molecule has 0 saturated carbocycles. The summed E-state index contributed by atoms with van der Waals surface area (Å²) in [6, 6.07) is 16.1. The minimum Gasteiger partial charge on any atom is -0.481 e. The summed E-state index contributed by atoms with van der Waals surface area (Å²) in [7, 11) is 0. The van der Waals surface area contributed by atoms with Crippen LogP contribution in [-0.2, 0) is 14.3 Å². The molecule has 2 aromatic carbocycles. The van der Waals surface area contributed by atoms with Crippen LogP contribution in [0.15, 0.2) is 53.9 Å². The average molecular weight is 496 g/mol. The van der Waals surface area contributed by atoms with Crippen LogP contribution < -0.4 is 10.6 Å². The number of ether oxygens (including phenoxy) is 2. The summed E-state index contributed by atoms with van der Waals surface area (Å²) in [5, 5.41) is 15.8. The van der Waals surface area contributed by atoms with E-state index in [4.69, 9.17) is 14.6 Å². The van der Waals surface area contributed by atoms with E-state index in [-0.39, 0.29) is 36.3 Å². The third-order valence-electron chi connectivity index (χ3n) is 5.58. The number of carboxylic acid groups (broad SMARTS) is 1. The number of fused-ring (bicyclic) bond motifs is 3. The fraction of sp³-hybridized carbons (Fsp3) is 0.280. The number of carbonyl (C=O) groups excluding carboxylic acids is 2. The number of benzene rings is 2. The molecule has 3 aromatic rings. The highest BCUT2D eigenvalue weighted by molar-refractivity contribution is 7.14. The summed E-state index contributed by atoms with van der Waals surface area (Å²) in [6.45, 7) is 2.28. The van der Waals surface area contributed by atoms with Crippen LogP contribution in [0.2, 0.25) is 0 Å². The van der Waals surface area contributed by atoms with Crippen LogP contribution in [0.1, 0.15) is 40.9 Å². The van der Waals surface area contributed by atoms with Crippen molar-refractivity contribution in [3.05, 3.63) is 70.7 Å². The van der Waals surface area contributed by atoms with E-state index < -0.39 is 24.1 Å². The molecular weight excluding hydrogens is 470 g/mol. The Morgan fingerprint density at radius 3 is 2.37 bits per heavy atom. The summed E-state index contributed by atoms with van der Waals surface area (Å²) >= 11 is 1.09. The van der Waals surface area contributed by atoms with Crippen molar-refractivity contribution in [2.45, 2.75) is 25.4 Å². The van der Waals surface area contributed by atoms with E-state index in [0.29, 0.717) is 6.61 Å². The van der Waals surface area contributed by atoms with Gasteiger partial charge in [-0.1, -0.05) is 48.5 Å². The van der Waals surface area contributed by atoms with Gasteiger partial charge >= 0.3 is 12.1 Å². The first-order valence-corrected chi connectivity index (χ1v) is 12.0. The normalized spacial score (nSPS) is 12.9. The highest BCUT2D eigenvalue weighted by Crippen LogP contribution is 2.44. The quantitative estimate of drug-likeness (QED) is 0.386. The number of anilines is 1. The minimum absolute atomic E-state index is 0.0334. The molecule has 0 aliphatic heterocycles. The Morgan fingerprint density at radius 2 is 1.74 bits per heavy atom. The van der Waals surface area contributed by atoms with Crippen molar-refractivity contribution in [1.29, 1.82) is 0 Å². The monoisotopic (exact) mass is 495 g/mol. The smallest absolute Gasteiger partial charge is 0.413 e. The van der Waals surface area contributed by atoms with Crippen LogP contribution in [0.4, 0.5) is 9.93 Å². The molecule has 35 heavy (non-hydrogen) atoms. The number of hydrogen-bond acceptors (Lipinski definition) is 7. The van der Waals surface area contributed by atoms with Gasteiger partial charge in [0.05, 0.1) is 12.5 Å². The van der Waals surface area contributed by atoms with E-state index in [9.17, 15) is 14.4 Å². The van der Waals surface area contributed by atoms with Crippen LogP contribution in [0.3, 0.4) is 0 Å². The van der Waals surface area contributed by atoms with Crippen LogP contribution in [0.5, 0.6) is 0 Å². The standard InChI is InChI=1S/C25H25N3O6S/c1-2-33-15(11-22(29)30)12-26-23(31)21-14-35-24(27-21)28-25(32)34-13-20-18-9-5-3-7-16(18)17-8-4-6-10-19(17)20/h3-10,14-15,20H,2,11-13H2,1H3,(H,26,31)(H,29,30)(H,27,28,32). The molecule has 3 N–H and O–H groups in total. The molecule has 2 amide bonds. The number of carboxylic acids is 1. The molecule has 4 rings (SSSR count). The van der Waals surface area contributed by atoms with Gasteiger partial charge in [0.25, 0.3) is 5.91 Å². The molecule has 0 spiro atoms. The highest BCUT2D eigenvalue weighted by atomic mass is 32.1. The average Bonchev–Trinajstić information content (AvgIpc) is 3.43. The van der Waals surface area contributed by atoms with Crippen LogP contribution in [-0.4, -0.2) is 53.9 Å². The second kappa shape index (κ2) is 11.1. The SMILES string of the molecule is CCOC(CNC(=O)c1csc(NC(=O)OCC2c3ccccc3-c3ccccc32)n1)CC(=O)O. The Balaban J connectivity index is 1.31. The van der Waals surface area contributed by atoms with E-state index in [1.807, 2.05) is 36.4 Å². The lowest BCUT2D eigenvalue weighted by Crippen LogP contribution is -2.35. The van der Waals surface area contributed by atoms with E-state index >= 15 is 0 Å². The molecule has 182 valence electrons. The molecule has 1 atom stereocenters. The predicted molar refractivity (Wildman–Crippen MR) is 131 cm³/mol. The van der Waals surface area contributed by atoms with Crippen molar-refractivity contribution in [3.8, 4) is 11.1 Å². The van der Waals surface area contributed by atoms with Gasteiger partial charge in [-0.2, -0.15) is 0 Å². The summed E-state index contributed by atoms with van der Waals surface area (Å²) in [6.07, 6.45) is -1.52. The number of thiazole rings is 1. The highest BCUT2D eigenvalue weighted by Gasteiger charge is 2.29. The van der Waals surface area contributed by atoms with Gasteiger partial charge in [-0.25, -0.2) is 9.78 Å². The lowest BCUT2D eigenvalue weighted by Gasteiger charge is -2.15. The Labute approximate surface area is 206 Å². The maximum atomic E-state index is 12.4. The Hall–Kier alpha value is -3.76. The fourth-order valence-electron chi connectivity index (χ4n) is 4.07. The van der Waals surface area contributed by atoms with Gasteiger partial charge in [-0.15, -0.1) is 11.3 Å². The summed E-state index contributed by atoms with van der Waals surface area (Å²) in [5.74, 6) is -1.56. The molecule has 0 bridgehead atoms. The third kappa shape index (κ3) is 5.84.